The smallest absolute Gasteiger partial charge is 0.0741 e. The number of hydrogen-bond donors (Lipinski definition) is 0. The Morgan fingerprint density at radius 2 is 1.47 bits per heavy atom. The van der Waals surface area contributed by atoms with E-state index in [0.717, 1.165) is 0 Å². The van der Waals surface area contributed by atoms with Crippen molar-refractivity contribution >= 4 is 32.7 Å². The Bertz CT molecular complexity index is 823. The number of fused-ring (bicyclic) bond motifs is 1. The lowest BCUT2D eigenvalue weighted by molar-refractivity contribution is 1.69. The molecular weight excluding hydrogens is 248 g/mol. The topological polar surface area (TPSA) is 0 Å². The van der Waals surface area contributed by atoms with Crippen LogP contribution >= 0.6 is 10.5 Å². The van der Waals surface area contributed by atoms with E-state index in [-0.39, 0.29) is 10.5 Å². The maximum Gasteiger partial charge on any atom is 0.187 e. The fourth-order valence-electron chi connectivity index (χ4n) is 2.61. The van der Waals surface area contributed by atoms with E-state index in [1.54, 1.807) is 0 Å². The van der Waals surface area contributed by atoms with Crippen LogP contribution in [-0.4, -0.2) is 0 Å². The van der Waals surface area contributed by atoms with E-state index in [0.29, 0.717) is 0 Å². The third kappa shape index (κ3) is 1.91. The first kappa shape index (κ1) is 12.2. The largest absolute Gasteiger partial charge is 0.187 e. The molecule has 0 nitrogen and oxygen atoms in total. The van der Waals surface area contributed by atoms with E-state index < -0.39 is 0 Å². The number of benzene rings is 2. The maximum absolute atomic E-state index is 2.27. The lowest BCUT2D eigenvalue weighted by Gasteiger charge is -1.90. The van der Waals surface area contributed by atoms with Crippen LogP contribution in [0.15, 0.2) is 54.6 Å². The Hall–Kier alpha value is -1.86. The van der Waals surface area contributed by atoms with E-state index in [9.17, 15) is 0 Å². The molecule has 0 N–H and O–H groups in total. The van der Waals surface area contributed by atoms with Gasteiger partial charge in [0.15, 0.2) is 14.1 Å². The molecule has 0 amide bonds. The highest BCUT2D eigenvalue weighted by Gasteiger charge is 2.19. The zero-order chi connectivity index (χ0) is 13.2. The molecule has 0 saturated heterocycles. The second kappa shape index (κ2) is 5.02. The number of thiophene rings is 1. The molecule has 0 spiro atoms. The quantitative estimate of drug-likeness (QED) is 0.579. The van der Waals surface area contributed by atoms with Crippen molar-refractivity contribution in [3.8, 4) is 4.90 Å². The van der Waals surface area contributed by atoms with Crippen LogP contribution in [0.3, 0.4) is 0 Å². The minimum atomic E-state index is 0.0594. The molecule has 19 heavy (non-hydrogen) atoms. The highest BCUT2D eigenvalue weighted by Crippen LogP contribution is 2.33. The van der Waals surface area contributed by atoms with Gasteiger partial charge in [-0.2, -0.15) is 0 Å². The molecule has 2 aromatic carbocycles. The van der Waals surface area contributed by atoms with Crippen molar-refractivity contribution in [3.63, 3.8) is 0 Å². The van der Waals surface area contributed by atoms with Gasteiger partial charge < -0.3 is 0 Å². The molecule has 0 fully saturated rings. The number of hydrogen-bond acceptors (Lipinski definition) is 0. The standard InChI is InChI=1S/C18H17S/c1-3-15-16-12-8-9-13-18(16)19(17(15)4-2)14-10-6-5-7-11-14/h3-13H,1-2H3/q+1/b15-3-,17-4+. The molecule has 0 aliphatic rings. The van der Waals surface area contributed by atoms with Gasteiger partial charge in [-0.25, -0.2) is 0 Å². The predicted molar refractivity (Wildman–Crippen MR) is 87.3 cm³/mol. The average molecular weight is 265 g/mol. The van der Waals surface area contributed by atoms with E-state index in [4.69, 9.17) is 0 Å². The highest BCUT2D eigenvalue weighted by atomic mass is 32.2. The van der Waals surface area contributed by atoms with Crippen molar-refractivity contribution in [2.75, 3.05) is 0 Å². The van der Waals surface area contributed by atoms with Gasteiger partial charge >= 0.3 is 0 Å². The Kier molecular flexibility index (Phi) is 3.22. The third-order valence-corrected chi connectivity index (χ3v) is 5.85. The summed E-state index contributed by atoms with van der Waals surface area (Å²) in [5.74, 6) is 0. The SMILES string of the molecule is C/C=c1\c(=C/C)[s+](-c2ccccc2)c2ccccc12. The van der Waals surface area contributed by atoms with Crippen LogP contribution in [-0.2, 0) is 0 Å². The van der Waals surface area contributed by atoms with E-state index in [2.05, 4.69) is 80.6 Å². The van der Waals surface area contributed by atoms with Crippen molar-refractivity contribution in [2.24, 2.45) is 0 Å². The molecule has 1 unspecified atom stereocenters. The molecule has 1 heterocycles. The minimum Gasteiger partial charge on any atom is -0.0741 e. The Balaban J connectivity index is 2.56. The first-order chi connectivity index (χ1) is 9.36. The van der Waals surface area contributed by atoms with Gasteiger partial charge in [0, 0.05) is 21.1 Å². The average Bonchev–Trinajstić information content (AvgIpc) is 2.81. The molecule has 0 aliphatic carbocycles. The molecule has 3 rings (SSSR count). The normalized spacial score (nSPS) is 14.3. The molecule has 0 saturated carbocycles. The summed E-state index contributed by atoms with van der Waals surface area (Å²) in [5, 5.41) is 2.79. The molecule has 94 valence electrons. The van der Waals surface area contributed by atoms with Crippen molar-refractivity contribution in [3.05, 3.63) is 64.3 Å². The molecule has 3 aromatic rings. The first-order valence-corrected chi connectivity index (χ1v) is 7.81. The molecular formula is C18H17S+. The lowest BCUT2D eigenvalue weighted by atomic mass is 10.2. The van der Waals surface area contributed by atoms with E-state index in [1.807, 2.05) is 0 Å². The van der Waals surface area contributed by atoms with Crippen molar-refractivity contribution in [2.45, 2.75) is 13.8 Å². The van der Waals surface area contributed by atoms with Crippen LogP contribution in [0.5, 0.6) is 0 Å². The molecule has 0 radical (unpaired) electrons. The van der Waals surface area contributed by atoms with Gasteiger partial charge in [-0.1, -0.05) is 36.4 Å². The second-order valence-corrected chi connectivity index (χ2v) is 6.43. The number of rotatable bonds is 1. The Morgan fingerprint density at radius 1 is 0.789 bits per heavy atom. The lowest BCUT2D eigenvalue weighted by Crippen LogP contribution is -2.18. The van der Waals surface area contributed by atoms with Crippen LogP contribution < -0.4 is 9.75 Å². The van der Waals surface area contributed by atoms with Crippen molar-refractivity contribution in [1.82, 2.24) is 0 Å². The fourth-order valence-corrected chi connectivity index (χ4v) is 5.08. The monoisotopic (exact) mass is 265 g/mol. The van der Waals surface area contributed by atoms with Gasteiger partial charge in [0.05, 0.1) is 0 Å². The van der Waals surface area contributed by atoms with Crippen LogP contribution in [0, 0.1) is 0 Å². The molecule has 1 aromatic heterocycles. The van der Waals surface area contributed by atoms with Crippen molar-refractivity contribution in [1.29, 1.82) is 0 Å². The van der Waals surface area contributed by atoms with Crippen LogP contribution in [0.25, 0.3) is 27.1 Å². The predicted octanol–water partition coefficient (Wildman–Crippen LogP) is 4.18. The summed E-state index contributed by atoms with van der Waals surface area (Å²) in [4.78, 5) is 1.40. The van der Waals surface area contributed by atoms with Crippen LogP contribution in [0.4, 0.5) is 0 Å². The van der Waals surface area contributed by atoms with Gasteiger partial charge in [-0.05, 0) is 44.2 Å². The summed E-state index contributed by atoms with van der Waals surface area (Å²) < 4.78 is 2.91. The van der Waals surface area contributed by atoms with Gasteiger partial charge in [-0.3, -0.25) is 0 Å². The Morgan fingerprint density at radius 3 is 2.16 bits per heavy atom. The summed E-state index contributed by atoms with van der Waals surface area (Å²) in [6, 6.07) is 19.6. The highest BCUT2D eigenvalue weighted by molar-refractivity contribution is 7.43. The molecule has 0 bridgehead atoms. The summed E-state index contributed by atoms with van der Waals surface area (Å²) >= 11 is 0. The minimum absolute atomic E-state index is 0.0594. The van der Waals surface area contributed by atoms with Gasteiger partial charge in [0.25, 0.3) is 0 Å². The van der Waals surface area contributed by atoms with Crippen LogP contribution in [0.2, 0.25) is 0 Å². The molecule has 1 atom stereocenters. The fraction of sp³-hybridized carbons (Fsp3) is 0.111. The third-order valence-electron chi connectivity index (χ3n) is 3.41. The molecule has 0 aliphatic heterocycles. The zero-order valence-electron chi connectivity index (χ0n) is 11.3. The van der Waals surface area contributed by atoms with Gasteiger partial charge in [-0.15, -0.1) is 0 Å². The van der Waals surface area contributed by atoms with Gasteiger partial charge in [0.1, 0.15) is 0 Å². The first-order valence-electron chi connectivity index (χ1n) is 6.58. The summed E-state index contributed by atoms with van der Waals surface area (Å²) in [6.07, 6.45) is 4.51. The van der Waals surface area contributed by atoms with E-state index >= 15 is 0 Å². The van der Waals surface area contributed by atoms with Gasteiger partial charge in [0.2, 0.25) is 0 Å². The summed E-state index contributed by atoms with van der Waals surface area (Å²) in [7, 11) is 0.0594. The summed E-state index contributed by atoms with van der Waals surface area (Å²) in [5.41, 5.74) is 0. The van der Waals surface area contributed by atoms with E-state index in [1.165, 1.54) is 24.7 Å². The summed E-state index contributed by atoms with van der Waals surface area (Å²) in [6.45, 7) is 4.28. The second-order valence-electron chi connectivity index (χ2n) is 4.47. The Labute approximate surface area is 116 Å². The maximum atomic E-state index is 2.27. The molecule has 1 heteroatoms. The zero-order valence-corrected chi connectivity index (χ0v) is 12.1. The van der Waals surface area contributed by atoms with Crippen LogP contribution in [0.1, 0.15) is 13.8 Å². The van der Waals surface area contributed by atoms with Crippen molar-refractivity contribution < 1.29 is 0 Å².